The summed E-state index contributed by atoms with van der Waals surface area (Å²) in [5.74, 6) is -0.377. The second kappa shape index (κ2) is 4.67. The van der Waals surface area contributed by atoms with Crippen LogP contribution in [0.3, 0.4) is 0 Å². The van der Waals surface area contributed by atoms with Gasteiger partial charge in [-0.2, -0.15) is 0 Å². The molecule has 3 nitrogen and oxygen atoms in total. The average molecular weight is 253 g/mol. The maximum Gasteiger partial charge on any atom is 0.202 e. The summed E-state index contributed by atoms with van der Waals surface area (Å²) in [6, 6.07) is 4.27. The Morgan fingerprint density at radius 1 is 1.53 bits per heavy atom. The van der Waals surface area contributed by atoms with Crippen LogP contribution in [0.15, 0.2) is 30.6 Å². The molecule has 0 bridgehead atoms. The van der Waals surface area contributed by atoms with E-state index in [0.717, 1.165) is 0 Å². The van der Waals surface area contributed by atoms with E-state index in [1.165, 1.54) is 18.3 Å². The molecule has 1 aromatic carbocycles. The second-order valence-electron chi connectivity index (χ2n) is 3.70. The highest BCUT2D eigenvalue weighted by Crippen LogP contribution is 2.16. The normalized spacial score (nSPS) is 10.5. The SMILES string of the molecule is Cn1ccnc1C(=O)Cc1ccc(Cl)cc1F. The van der Waals surface area contributed by atoms with Gasteiger partial charge in [-0.1, -0.05) is 17.7 Å². The molecule has 0 unspecified atom stereocenters. The van der Waals surface area contributed by atoms with Gasteiger partial charge in [0.1, 0.15) is 5.82 Å². The predicted molar refractivity (Wildman–Crippen MR) is 62.7 cm³/mol. The van der Waals surface area contributed by atoms with E-state index >= 15 is 0 Å². The summed E-state index contributed by atoms with van der Waals surface area (Å²) in [7, 11) is 1.72. The van der Waals surface area contributed by atoms with Crippen LogP contribution in [0.1, 0.15) is 16.2 Å². The summed E-state index contributed by atoms with van der Waals surface area (Å²) >= 11 is 5.64. The van der Waals surface area contributed by atoms with Gasteiger partial charge in [-0.25, -0.2) is 9.37 Å². The van der Waals surface area contributed by atoms with Crippen LogP contribution in [0.2, 0.25) is 5.02 Å². The van der Waals surface area contributed by atoms with Crippen LogP contribution >= 0.6 is 11.6 Å². The molecule has 0 amide bonds. The topological polar surface area (TPSA) is 34.9 Å². The van der Waals surface area contributed by atoms with E-state index in [1.54, 1.807) is 23.9 Å². The van der Waals surface area contributed by atoms with Gasteiger partial charge in [-0.15, -0.1) is 0 Å². The van der Waals surface area contributed by atoms with Gasteiger partial charge in [0.25, 0.3) is 0 Å². The van der Waals surface area contributed by atoms with Crippen LogP contribution in [0.25, 0.3) is 0 Å². The van der Waals surface area contributed by atoms with Crippen molar-refractivity contribution in [1.29, 1.82) is 0 Å². The first kappa shape index (κ1) is 11.8. The number of aromatic nitrogens is 2. The van der Waals surface area contributed by atoms with E-state index in [4.69, 9.17) is 11.6 Å². The molecule has 0 aliphatic heterocycles. The Kier molecular flexibility index (Phi) is 3.24. The summed E-state index contributed by atoms with van der Waals surface area (Å²) in [5, 5.41) is 0.315. The number of hydrogen-bond donors (Lipinski definition) is 0. The third kappa shape index (κ3) is 2.53. The van der Waals surface area contributed by atoms with Crippen LogP contribution < -0.4 is 0 Å². The van der Waals surface area contributed by atoms with Gasteiger partial charge in [0.05, 0.1) is 0 Å². The Bertz CT molecular complexity index is 565. The lowest BCUT2D eigenvalue weighted by Crippen LogP contribution is -2.11. The van der Waals surface area contributed by atoms with Crippen molar-refractivity contribution in [1.82, 2.24) is 9.55 Å². The molecule has 88 valence electrons. The Morgan fingerprint density at radius 2 is 2.29 bits per heavy atom. The van der Waals surface area contributed by atoms with Crippen molar-refractivity contribution in [2.24, 2.45) is 7.05 Å². The molecule has 1 heterocycles. The standard InChI is InChI=1S/C12H10ClFN2O/c1-16-5-4-15-12(16)11(17)6-8-2-3-9(13)7-10(8)14/h2-5,7H,6H2,1H3. The van der Waals surface area contributed by atoms with Crippen LogP contribution in [-0.2, 0) is 13.5 Å². The smallest absolute Gasteiger partial charge is 0.202 e. The predicted octanol–water partition coefficient (Wildman–Crippen LogP) is 2.64. The van der Waals surface area contributed by atoms with Gasteiger partial charge in [0.15, 0.2) is 5.82 Å². The Hall–Kier alpha value is -1.68. The number of aryl methyl sites for hydroxylation is 1. The second-order valence-corrected chi connectivity index (χ2v) is 4.13. The number of imidazole rings is 1. The molecule has 0 atom stereocenters. The molecule has 0 fully saturated rings. The fourth-order valence-electron chi connectivity index (χ4n) is 1.55. The minimum Gasteiger partial charge on any atom is -0.332 e. The van der Waals surface area contributed by atoms with Crippen molar-refractivity contribution in [3.8, 4) is 0 Å². The highest BCUT2D eigenvalue weighted by atomic mass is 35.5. The van der Waals surface area contributed by atoms with E-state index in [9.17, 15) is 9.18 Å². The van der Waals surface area contributed by atoms with E-state index in [2.05, 4.69) is 4.98 Å². The largest absolute Gasteiger partial charge is 0.332 e. The number of carbonyl (C=O) groups is 1. The van der Waals surface area contributed by atoms with Crippen molar-refractivity contribution in [3.05, 3.63) is 52.8 Å². The van der Waals surface area contributed by atoms with Gasteiger partial charge >= 0.3 is 0 Å². The third-order valence-corrected chi connectivity index (χ3v) is 2.67. The molecule has 0 N–H and O–H groups in total. The molecular weight excluding hydrogens is 243 g/mol. The summed E-state index contributed by atoms with van der Waals surface area (Å²) < 4.78 is 15.1. The van der Waals surface area contributed by atoms with Crippen molar-refractivity contribution in [2.75, 3.05) is 0 Å². The van der Waals surface area contributed by atoms with Gasteiger partial charge < -0.3 is 4.57 Å². The van der Waals surface area contributed by atoms with Crippen LogP contribution in [0.5, 0.6) is 0 Å². The van der Waals surface area contributed by atoms with Crippen molar-refractivity contribution in [2.45, 2.75) is 6.42 Å². The van der Waals surface area contributed by atoms with Crippen LogP contribution in [0, 0.1) is 5.82 Å². The fourth-order valence-corrected chi connectivity index (χ4v) is 1.71. The number of ketones is 1. The Morgan fingerprint density at radius 3 is 2.88 bits per heavy atom. The zero-order valence-corrected chi connectivity index (χ0v) is 9.91. The quantitative estimate of drug-likeness (QED) is 0.787. The molecule has 2 rings (SSSR count). The molecule has 0 saturated heterocycles. The van der Waals surface area contributed by atoms with Gasteiger partial charge in [-0.05, 0) is 17.7 Å². The third-order valence-electron chi connectivity index (χ3n) is 2.44. The molecule has 0 radical (unpaired) electrons. The number of halogens is 2. The molecule has 1 aromatic heterocycles. The number of nitrogens with zero attached hydrogens (tertiary/aromatic N) is 2. The maximum absolute atomic E-state index is 13.5. The molecule has 0 saturated carbocycles. The minimum atomic E-state index is -0.472. The highest BCUT2D eigenvalue weighted by Gasteiger charge is 2.14. The van der Waals surface area contributed by atoms with Crippen molar-refractivity contribution >= 4 is 17.4 Å². The number of Topliss-reactive ketones (excluding diaryl/α,β-unsaturated/α-hetero) is 1. The number of rotatable bonds is 3. The zero-order valence-electron chi connectivity index (χ0n) is 9.15. The van der Waals surface area contributed by atoms with E-state index in [1.807, 2.05) is 0 Å². The average Bonchev–Trinajstić information content (AvgIpc) is 2.68. The summed E-state index contributed by atoms with van der Waals surface area (Å²) in [4.78, 5) is 15.8. The monoisotopic (exact) mass is 252 g/mol. The lowest BCUT2D eigenvalue weighted by Gasteiger charge is -2.03. The fraction of sp³-hybridized carbons (Fsp3) is 0.167. The van der Waals surface area contributed by atoms with Crippen molar-refractivity contribution < 1.29 is 9.18 Å². The van der Waals surface area contributed by atoms with E-state index in [-0.39, 0.29) is 12.2 Å². The molecule has 0 aliphatic carbocycles. The molecule has 2 aromatic rings. The molecule has 17 heavy (non-hydrogen) atoms. The number of hydrogen-bond acceptors (Lipinski definition) is 2. The minimum absolute atomic E-state index is 0.0200. The van der Waals surface area contributed by atoms with Crippen molar-refractivity contribution in [3.63, 3.8) is 0 Å². The molecule has 0 aliphatic rings. The first-order valence-electron chi connectivity index (χ1n) is 5.02. The number of carbonyl (C=O) groups excluding carboxylic acids is 1. The van der Waals surface area contributed by atoms with E-state index in [0.29, 0.717) is 16.4 Å². The zero-order chi connectivity index (χ0) is 12.4. The Balaban J connectivity index is 2.22. The Labute approximate surface area is 103 Å². The molecular formula is C12H10ClFN2O. The highest BCUT2D eigenvalue weighted by molar-refractivity contribution is 6.30. The first-order valence-corrected chi connectivity index (χ1v) is 5.40. The first-order chi connectivity index (χ1) is 8.08. The molecule has 0 spiro atoms. The van der Waals surface area contributed by atoms with Crippen LogP contribution in [0.4, 0.5) is 4.39 Å². The molecule has 5 heteroatoms. The van der Waals surface area contributed by atoms with Gasteiger partial charge in [0.2, 0.25) is 5.78 Å². The summed E-state index contributed by atoms with van der Waals surface area (Å²) in [6.45, 7) is 0. The van der Waals surface area contributed by atoms with Crippen LogP contribution in [-0.4, -0.2) is 15.3 Å². The number of benzene rings is 1. The van der Waals surface area contributed by atoms with E-state index < -0.39 is 5.82 Å². The summed E-state index contributed by atoms with van der Waals surface area (Å²) in [5.41, 5.74) is 0.322. The maximum atomic E-state index is 13.5. The lowest BCUT2D eigenvalue weighted by atomic mass is 10.1. The van der Waals surface area contributed by atoms with Gasteiger partial charge in [-0.3, -0.25) is 4.79 Å². The lowest BCUT2D eigenvalue weighted by molar-refractivity contribution is 0.0979. The van der Waals surface area contributed by atoms with Gasteiger partial charge in [0, 0.05) is 30.9 Å². The summed E-state index contributed by atoms with van der Waals surface area (Å²) in [6.07, 6.45) is 3.19.